The summed E-state index contributed by atoms with van der Waals surface area (Å²) in [5.74, 6) is 2.81. The maximum absolute atomic E-state index is 9.93. The van der Waals surface area contributed by atoms with Crippen LogP contribution in [0.4, 0.5) is 17.6 Å². The van der Waals surface area contributed by atoms with Crippen molar-refractivity contribution in [2.45, 2.75) is 43.6 Å². The molecule has 0 unspecified atom stereocenters. The van der Waals surface area contributed by atoms with E-state index in [1.165, 1.54) is 18.5 Å². The average Bonchev–Trinajstić information content (AvgIpc) is 3.48. The lowest BCUT2D eigenvalue weighted by atomic mass is 10.2. The van der Waals surface area contributed by atoms with Crippen LogP contribution in [0.1, 0.15) is 43.7 Å². The van der Waals surface area contributed by atoms with Crippen LogP contribution in [0.15, 0.2) is 18.3 Å². The van der Waals surface area contributed by atoms with E-state index in [1.54, 1.807) is 6.20 Å². The quantitative estimate of drug-likeness (QED) is 0.726. The van der Waals surface area contributed by atoms with Crippen LogP contribution >= 0.6 is 0 Å². The zero-order valence-corrected chi connectivity index (χ0v) is 13.3. The van der Waals surface area contributed by atoms with Gasteiger partial charge in [-0.05, 0) is 38.2 Å². The molecule has 2 aliphatic carbocycles. The first-order valence-electron chi connectivity index (χ1n) is 8.20. The number of aromatic nitrogens is 4. The van der Waals surface area contributed by atoms with Gasteiger partial charge in [0.25, 0.3) is 0 Å². The molecule has 0 radical (unpaired) electrons. The van der Waals surface area contributed by atoms with Crippen molar-refractivity contribution in [2.75, 3.05) is 23.8 Å². The average molecular weight is 314 g/mol. The molecule has 23 heavy (non-hydrogen) atoms. The lowest BCUT2D eigenvalue weighted by molar-refractivity contribution is 0.142. The van der Waals surface area contributed by atoms with Crippen molar-refractivity contribution in [3.63, 3.8) is 0 Å². The topological polar surface area (TPSA) is 90.0 Å². The third kappa shape index (κ3) is 3.44. The zero-order chi connectivity index (χ0) is 15.9. The Labute approximate surface area is 135 Å². The van der Waals surface area contributed by atoms with Gasteiger partial charge in [-0.1, -0.05) is 0 Å². The van der Waals surface area contributed by atoms with Crippen LogP contribution in [0.2, 0.25) is 0 Å². The van der Waals surface area contributed by atoms with Crippen molar-refractivity contribution in [1.82, 2.24) is 20.2 Å². The molecule has 4 rings (SSSR count). The Hall–Kier alpha value is -2.15. The van der Waals surface area contributed by atoms with E-state index in [9.17, 15) is 5.11 Å². The molecule has 0 bridgehead atoms. The Kier molecular flexibility index (Phi) is 3.45. The fourth-order valence-electron chi connectivity index (χ4n) is 2.61. The van der Waals surface area contributed by atoms with Crippen molar-refractivity contribution in [3.8, 4) is 0 Å². The highest BCUT2D eigenvalue weighted by Crippen LogP contribution is 2.40. The van der Waals surface area contributed by atoms with E-state index in [1.807, 2.05) is 24.1 Å². The van der Waals surface area contributed by atoms with E-state index in [0.717, 1.165) is 37.4 Å². The van der Waals surface area contributed by atoms with E-state index in [0.29, 0.717) is 11.9 Å². The lowest BCUT2D eigenvalue weighted by Gasteiger charge is -2.19. The van der Waals surface area contributed by atoms with E-state index in [-0.39, 0.29) is 0 Å². The normalized spacial score (nSPS) is 18.7. The molecular weight excluding hydrogens is 292 g/mol. The van der Waals surface area contributed by atoms with E-state index in [2.05, 4.69) is 25.5 Å². The maximum Gasteiger partial charge on any atom is 0.227 e. The first-order valence-corrected chi connectivity index (χ1v) is 8.20. The molecule has 0 aromatic carbocycles. The predicted octanol–water partition coefficient (Wildman–Crippen LogP) is 2.17. The van der Waals surface area contributed by atoms with Gasteiger partial charge in [0.15, 0.2) is 5.82 Å². The maximum atomic E-state index is 9.93. The molecular formula is C16H22N6O. The van der Waals surface area contributed by atoms with Crippen LogP contribution in [0.25, 0.3) is 0 Å². The molecule has 0 saturated heterocycles. The molecule has 0 atom stereocenters. The van der Waals surface area contributed by atoms with Crippen molar-refractivity contribution >= 4 is 17.6 Å². The third-order valence-electron chi connectivity index (χ3n) is 4.60. The molecule has 2 aliphatic rings. The highest BCUT2D eigenvalue weighted by atomic mass is 16.3. The minimum absolute atomic E-state index is 0.446. The second-order valence-electron chi connectivity index (χ2n) is 6.75. The van der Waals surface area contributed by atoms with Gasteiger partial charge in [0.2, 0.25) is 5.95 Å². The third-order valence-corrected chi connectivity index (χ3v) is 4.60. The number of aromatic amines is 1. The lowest BCUT2D eigenvalue weighted by Crippen LogP contribution is -2.25. The summed E-state index contributed by atoms with van der Waals surface area (Å²) in [5.41, 5.74) is 0.745. The number of nitrogens with zero attached hydrogens (tertiary/aromatic N) is 4. The van der Waals surface area contributed by atoms with Crippen LogP contribution in [-0.2, 0) is 0 Å². The highest BCUT2D eigenvalue weighted by molar-refractivity contribution is 5.53. The zero-order valence-electron chi connectivity index (χ0n) is 13.3. The van der Waals surface area contributed by atoms with Crippen LogP contribution in [0, 0.1) is 0 Å². The summed E-state index contributed by atoms with van der Waals surface area (Å²) in [5, 5.41) is 20.5. The SMILES string of the molecule is CN(CCC1(O)CC1)c1nccc(Nc2cc(C3CC3)[nH]n2)n1. The molecule has 2 heterocycles. The molecule has 0 amide bonds. The second kappa shape index (κ2) is 5.49. The van der Waals surface area contributed by atoms with E-state index >= 15 is 0 Å². The molecule has 2 aromatic heterocycles. The Morgan fingerprint density at radius 3 is 2.96 bits per heavy atom. The van der Waals surface area contributed by atoms with Gasteiger partial charge in [-0.25, -0.2) is 4.98 Å². The van der Waals surface area contributed by atoms with Crippen molar-refractivity contribution < 1.29 is 5.11 Å². The number of anilines is 3. The van der Waals surface area contributed by atoms with Crippen LogP contribution in [0.5, 0.6) is 0 Å². The molecule has 2 aromatic rings. The van der Waals surface area contributed by atoms with Gasteiger partial charge < -0.3 is 15.3 Å². The Morgan fingerprint density at radius 2 is 2.22 bits per heavy atom. The summed E-state index contributed by atoms with van der Waals surface area (Å²) >= 11 is 0. The number of hydrogen-bond donors (Lipinski definition) is 3. The van der Waals surface area contributed by atoms with Gasteiger partial charge in [0.1, 0.15) is 5.82 Å². The highest BCUT2D eigenvalue weighted by Gasteiger charge is 2.39. The van der Waals surface area contributed by atoms with Crippen molar-refractivity contribution in [1.29, 1.82) is 0 Å². The summed E-state index contributed by atoms with van der Waals surface area (Å²) in [7, 11) is 1.95. The van der Waals surface area contributed by atoms with Gasteiger partial charge in [-0.15, -0.1) is 0 Å². The van der Waals surface area contributed by atoms with Crippen LogP contribution in [-0.4, -0.2) is 44.5 Å². The number of hydrogen-bond acceptors (Lipinski definition) is 6. The van der Waals surface area contributed by atoms with E-state index in [4.69, 9.17) is 0 Å². The van der Waals surface area contributed by atoms with Gasteiger partial charge in [-0.3, -0.25) is 5.10 Å². The standard InChI is InChI=1S/C16H22N6O/c1-22(9-7-16(23)5-6-16)15-17-8-4-13(19-15)18-14-10-12(20-21-14)11-2-3-11/h4,8,10-11,23H,2-3,5-7,9H2,1H3,(H2,17,18,19,20,21). The predicted molar refractivity (Wildman–Crippen MR) is 87.9 cm³/mol. The summed E-state index contributed by atoms with van der Waals surface area (Å²) in [6.07, 6.45) is 6.81. The molecule has 2 fully saturated rings. The fraction of sp³-hybridized carbons (Fsp3) is 0.562. The first-order chi connectivity index (χ1) is 11.1. The van der Waals surface area contributed by atoms with Gasteiger partial charge >= 0.3 is 0 Å². The van der Waals surface area contributed by atoms with Gasteiger partial charge in [0.05, 0.1) is 5.60 Å². The Bertz CT molecular complexity index is 691. The van der Waals surface area contributed by atoms with Crippen molar-refractivity contribution in [2.24, 2.45) is 0 Å². The van der Waals surface area contributed by atoms with E-state index < -0.39 is 5.60 Å². The fourth-order valence-corrected chi connectivity index (χ4v) is 2.61. The minimum atomic E-state index is -0.446. The Morgan fingerprint density at radius 1 is 1.39 bits per heavy atom. The van der Waals surface area contributed by atoms with Crippen molar-refractivity contribution in [3.05, 3.63) is 24.0 Å². The largest absolute Gasteiger partial charge is 0.390 e. The summed E-state index contributed by atoms with van der Waals surface area (Å²) in [6, 6.07) is 3.88. The smallest absolute Gasteiger partial charge is 0.227 e. The number of rotatable bonds is 7. The number of aliphatic hydroxyl groups is 1. The summed E-state index contributed by atoms with van der Waals surface area (Å²) in [4.78, 5) is 10.8. The molecule has 0 spiro atoms. The molecule has 0 aliphatic heterocycles. The molecule has 3 N–H and O–H groups in total. The second-order valence-corrected chi connectivity index (χ2v) is 6.75. The van der Waals surface area contributed by atoms with Crippen LogP contribution in [0.3, 0.4) is 0 Å². The van der Waals surface area contributed by atoms with Crippen LogP contribution < -0.4 is 10.2 Å². The Balaban J connectivity index is 1.40. The summed E-state index contributed by atoms with van der Waals surface area (Å²) < 4.78 is 0. The van der Waals surface area contributed by atoms with Gasteiger partial charge in [0, 0.05) is 37.5 Å². The van der Waals surface area contributed by atoms with Gasteiger partial charge in [-0.2, -0.15) is 10.1 Å². The summed E-state index contributed by atoms with van der Waals surface area (Å²) in [6.45, 7) is 0.744. The monoisotopic (exact) mass is 314 g/mol. The molecule has 7 heteroatoms. The first kappa shape index (κ1) is 14.4. The molecule has 2 saturated carbocycles. The minimum Gasteiger partial charge on any atom is -0.390 e. The molecule has 7 nitrogen and oxygen atoms in total. The number of nitrogens with one attached hydrogen (secondary N) is 2. The number of H-pyrrole nitrogens is 1. The molecule has 122 valence electrons.